The highest BCUT2D eigenvalue weighted by Gasteiger charge is 2.12. The van der Waals surface area contributed by atoms with E-state index in [1.54, 1.807) is 12.1 Å². The van der Waals surface area contributed by atoms with Crippen molar-refractivity contribution in [2.24, 2.45) is 5.73 Å². The third-order valence-corrected chi connectivity index (χ3v) is 2.27. The fraction of sp³-hybridized carbons (Fsp3) is 0.111. The van der Waals surface area contributed by atoms with Crippen molar-refractivity contribution in [3.05, 3.63) is 28.6 Å². The molecule has 1 aromatic carbocycles. The van der Waals surface area contributed by atoms with E-state index in [2.05, 4.69) is 20.9 Å². The highest BCUT2D eigenvalue weighted by atomic mass is 79.9. The van der Waals surface area contributed by atoms with Gasteiger partial charge in [-0.15, -0.1) is 0 Å². The molecule has 14 heavy (non-hydrogen) atoms. The van der Waals surface area contributed by atoms with E-state index in [-0.39, 0.29) is 18.2 Å². The van der Waals surface area contributed by atoms with Crippen LogP contribution >= 0.6 is 15.9 Å². The molecule has 0 spiro atoms. The largest absolute Gasteiger partial charge is 0.434 e. The maximum atomic E-state index is 11.2. The van der Waals surface area contributed by atoms with Crippen LogP contribution in [0.2, 0.25) is 0 Å². The van der Waals surface area contributed by atoms with Crippen molar-refractivity contribution in [2.45, 2.75) is 0 Å². The molecule has 0 unspecified atom stereocenters. The Labute approximate surface area is 88.2 Å². The van der Waals surface area contributed by atoms with Crippen LogP contribution in [0.15, 0.2) is 27.1 Å². The molecule has 0 fully saturated rings. The van der Waals surface area contributed by atoms with Gasteiger partial charge in [0.15, 0.2) is 5.58 Å². The molecule has 0 bridgehead atoms. The second-order valence-electron chi connectivity index (χ2n) is 2.76. The van der Waals surface area contributed by atoms with Gasteiger partial charge in [0.1, 0.15) is 5.52 Å². The lowest BCUT2D eigenvalue weighted by Gasteiger charge is -1.86. The van der Waals surface area contributed by atoms with Gasteiger partial charge >= 0.3 is 0 Å². The number of nitrogens with two attached hydrogens (primary N) is 1. The standard InChI is InChI=1S/C9H7BrN2O2/c10-5-1-2-8-6(3-5)12-9(14-8)7(13)4-11/h1-3H,4,11H2. The van der Waals surface area contributed by atoms with Crippen LogP contribution < -0.4 is 5.73 Å². The Hall–Kier alpha value is -1.20. The van der Waals surface area contributed by atoms with Crippen LogP contribution in [0.3, 0.4) is 0 Å². The van der Waals surface area contributed by atoms with Crippen molar-refractivity contribution >= 4 is 32.8 Å². The maximum Gasteiger partial charge on any atom is 0.265 e. The van der Waals surface area contributed by atoms with Crippen LogP contribution in [0.25, 0.3) is 11.1 Å². The van der Waals surface area contributed by atoms with E-state index in [1.807, 2.05) is 6.07 Å². The van der Waals surface area contributed by atoms with Crippen LogP contribution in [0.4, 0.5) is 0 Å². The molecule has 2 N–H and O–H groups in total. The number of hydrogen-bond donors (Lipinski definition) is 1. The SMILES string of the molecule is NCC(=O)c1nc2cc(Br)ccc2o1. The highest BCUT2D eigenvalue weighted by Crippen LogP contribution is 2.20. The van der Waals surface area contributed by atoms with Crippen LogP contribution in [0.1, 0.15) is 10.7 Å². The molecule has 0 aliphatic rings. The number of hydrogen-bond acceptors (Lipinski definition) is 4. The zero-order chi connectivity index (χ0) is 10.1. The van der Waals surface area contributed by atoms with Gasteiger partial charge in [-0.25, -0.2) is 4.98 Å². The topological polar surface area (TPSA) is 69.1 Å². The fourth-order valence-corrected chi connectivity index (χ4v) is 1.46. The Morgan fingerprint density at radius 3 is 3.07 bits per heavy atom. The number of oxazole rings is 1. The molecule has 0 aliphatic carbocycles. The van der Waals surface area contributed by atoms with Gasteiger partial charge in [0.05, 0.1) is 6.54 Å². The average molecular weight is 255 g/mol. The number of ketones is 1. The first-order chi connectivity index (χ1) is 6.70. The van der Waals surface area contributed by atoms with Crippen LogP contribution in [0.5, 0.6) is 0 Å². The fourth-order valence-electron chi connectivity index (χ4n) is 1.11. The number of nitrogens with zero attached hydrogens (tertiary/aromatic N) is 1. The molecule has 0 saturated heterocycles. The van der Waals surface area contributed by atoms with Gasteiger partial charge in [0.25, 0.3) is 5.89 Å². The van der Waals surface area contributed by atoms with Gasteiger partial charge in [-0.2, -0.15) is 0 Å². The van der Waals surface area contributed by atoms with Crippen LogP contribution in [-0.4, -0.2) is 17.3 Å². The molecule has 1 heterocycles. The predicted molar refractivity (Wildman–Crippen MR) is 55.1 cm³/mol. The van der Waals surface area contributed by atoms with Crippen LogP contribution in [-0.2, 0) is 0 Å². The zero-order valence-electron chi connectivity index (χ0n) is 7.16. The van der Waals surface area contributed by atoms with E-state index < -0.39 is 0 Å². The van der Waals surface area contributed by atoms with Gasteiger partial charge in [0, 0.05) is 4.47 Å². The summed E-state index contributed by atoms with van der Waals surface area (Å²) >= 11 is 3.30. The summed E-state index contributed by atoms with van der Waals surface area (Å²) in [7, 11) is 0. The van der Waals surface area contributed by atoms with Crippen molar-refractivity contribution in [2.75, 3.05) is 6.54 Å². The second kappa shape index (κ2) is 3.51. The van der Waals surface area contributed by atoms with Crippen LogP contribution in [0, 0.1) is 0 Å². The third kappa shape index (κ3) is 1.56. The minimum absolute atomic E-state index is 0.0700. The summed E-state index contributed by atoms with van der Waals surface area (Å²) in [5.74, 6) is -0.224. The summed E-state index contributed by atoms with van der Waals surface area (Å²) in [6, 6.07) is 5.36. The molecular formula is C9H7BrN2O2. The molecular weight excluding hydrogens is 248 g/mol. The smallest absolute Gasteiger partial charge is 0.265 e. The monoisotopic (exact) mass is 254 g/mol. The van der Waals surface area contributed by atoms with Crippen molar-refractivity contribution in [3.63, 3.8) is 0 Å². The second-order valence-corrected chi connectivity index (χ2v) is 3.67. The Morgan fingerprint density at radius 2 is 2.36 bits per heavy atom. The summed E-state index contributed by atoms with van der Waals surface area (Å²) in [5.41, 5.74) is 6.43. The normalized spacial score (nSPS) is 10.7. The maximum absolute atomic E-state index is 11.2. The summed E-state index contributed by atoms with van der Waals surface area (Å²) in [6.45, 7) is -0.0893. The molecule has 1 aromatic heterocycles. The Bertz CT molecular complexity index is 493. The van der Waals surface area contributed by atoms with E-state index in [9.17, 15) is 4.79 Å². The minimum atomic E-state index is -0.294. The number of carbonyl (C=O) groups excluding carboxylic acids is 1. The highest BCUT2D eigenvalue weighted by molar-refractivity contribution is 9.10. The van der Waals surface area contributed by atoms with E-state index in [1.165, 1.54) is 0 Å². The number of benzene rings is 1. The molecule has 0 atom stereocenters. The van der Waals surface area contributed by atoms with E-state index in [0.29, 0.717) is 11.1 Å². The molecule has 0 radical (unpaired) electrons. The third-order valence-electron chi connectivity index (χ3n) is 1.77. The summed E-state index contributed by atoms with van der Waals surface area (Å²) < 4.78 is 6.11. The Kier molecular flexibility index (Phi) is 2.35. The molecule has 5 heteroatoms. The first-order valence-corrected chi connectivity index (χ1v) is 4.79. The lowest BCUT2D eigenvalue weighted by atomic mass is 10.3. The molecule has 4 nitrogen and oxygen atoms in total. The van der Waals surface area contributed by atoms with Gasteiger partial charge in [-0.05, 0) is 18.2 Å². The number of rotatable bonds is 2. The predicted octanol–water partition coefficient (Wildman–Crippen LogP) is 1.73. The van der Waals surface area contributed by atoms with Gasteiger partial charge in [0.2, 0.25) is 5.78 Å². The van der Waals surface area contributed by atoms with Gasteiger partial charge in [-0.1, -0.05) is 15.9 Å². The summed E-state index contributed by atoms with van der Waals surface area (Å²) in [4.78, 5) is 15.2. The zero-order valence-corrected chi connectivity index (χ0v) is 8.74. The van der Waals surface area contributed by atoms with Crippen molar-refractivity contribution in [1.29, 1.82) is 0 Å². The Morgan fingerprint density at radius 1 is 1.57 bits per heavy atom. The number of carbonyl (C=O) groups is 1. The lowest BCUT2D eigenvalue weighted by molar-refractivity contribution is 0.0970. The molecule has 0 amide bonds. The van der Waals surface area contributed by atoms with Crippen molar-refractivity contribution in [3.8, 4) is 0 Å². The molecule has 2 rings (SSSR count). The molecule has 2 aromatic rings. The Balaban J connectivity index is 2.56. The van der Waals surface area contributed by atoms with Gasteiger partial charge < -0.3 is 10.2 Å². The molecule has 72 valence electrons. The van der Waals surface area contributed by atoms with E-state index in [4.69, 9.17) is 10.2 Å². The first kappa shape index (κ1) is 9.36. The first-order valence-electron chi connectivity index (χ1n) is 4.00. The quantitative estimate of drug-likeness (QED) is 0.829. The lowest BCUT2D eigenvalue weighted by Crippen LogP contribution is -2.13. The molecule has 0 saturated carbocycles. The van der Waals surface area contributed by atoms with E-state index >= 15 is 0 Å². The van der Waals surface area contributed by atoms with Crippen molar-refractivity contribution < 1.29 is 9.21 Å². The number of fused-ring (bicyclic) bond motifs is 1. The molecule has 0 aliphatic heterocycles. The minimum Gasteiger partial charge on any atom is -0.434 e. The van der Waals surface area contributed by atoms with Gasteiger partial charge in [-0.3, -0.25) is 4.79 Å². The number of Topliss-reactive ketones (excluding diaryl/α,β-unsaturated/α-hetero) is 1. The number of aromatic nitrogens is 1. The average Bonchev–Trinajstić information content (AvgIpc) is 2.59. The number of halogens is 1. The summed E-state index contributed by atoms with van der Waals surface area (Å²) in [5, 5.41) is 0. The summed E-state index contributed by atoms with van der Waals surface area (Å²) in [6.07, 6.45) is 0. The van der Waals surface area contributed by atoms with Crippen molar-refractivity contribution in [1.82, 2.24) is 4.98 Å². The van der Waals surface area contributed by atoms with E-state index in [0.717, 1.165) is 4.47 Å².